The van der Waals surface area contributed by atoms with Gasteiger partial charge in [0.1, 0.15) is 5.54 Å². The normalized spacial score (nSPS) is 26.4. The van der Waals surface area contributed by atoms with Gasteiger partial charge in [0.25, 0.3) is 10.2 Å². The van der Waals surface area contributed by atoms with Gasteiger partial charge in [-0.1, -0.05) is 13.8 Å². The zero-order valence-corrected chi connectivity index (χ0v) is 12.0. The van der Waals surface area contributed by atoms with Crippen LogP contribution in [0, 0.1) is 0 Å². The third-order valence-corrected chi connectivity index (χ3v) is 5.91. The van der Waals surface area contributed by atoms with Crippen molar-refractivity contribution >= 4 is 16.2 Å². The van der Waals surface area contributed by atoms with Gasteiger partial charge in [-0.05, 0) is 26.2 Å². The Bertz CT molecular complexity index is 405. The minimum atomic E-state index is -3.69. The van der Waals surface area contributed by atoms with E-state index in [9.17, 15) is 18.3 Å². The third-order valence-electron chi connectivity index (χ3n) is 3.60. The highest BCUT2D eigenvalue weighted by molar-refractivity contribution is 7.86. The molecule has 1 aliphatic rings. The van der Waals surface area contributed by atoms with Crippen LogP contribution in [0.25, 0.3) is 0 Å². The Labute approximate surface area is 109 Å². The predicted molar refractivity (Wildman–Crippen MR) is 68.4 cm³/mol. The van der Waals surface area contributed by atoms with Crippen molar-refractivity contribution in [3.8, 4) is 0 Å². The van der Waals surface area contributed by atoms with Crippen LogP contribution in [-0.4, -0.2) is 53.3 Å². The quantitative estimate of drug-likeness (QED) is 0.810. The number of carboxylic acid groups (broad SMARTS) is 1. The lowest BCUT2D eigenvalue weighted by Crippen LogP contribution is -2.60. The molecule has 1 fully saturated rings. The molecule has 1 unspecified atom stereocenters. The highest BCUT2D eigenvalue weighted by atomic mass is 32.2. The topological polar surface area (TPSA) is 77.9 Å². The fourth-order valence-corrected chi connectivity index (χ4v) is 4.34. The van der Waals surface area contributed by atoms with Crippen LogP contribution in [-0.2, 0) is 15.0 Å². The Morgan fingerprint density at radius 2 is 1.89 bits per heavy atom. The van der Waals surface area contributed by atoms with Crippen LogP contribution in [0.3, 0.4) is 0 Å². The lowest BCUT2D eigenvalue weighted by atomic mass is 9.91. The summed E-state index contributed by atoms with van der Waals surface area (Å²) in [4.78, 5) is 11.4. The SMILES string of the molecule is CCN(CC)S(=O)(=O)N1CCCCC1(C)C(=O)O. The highest BCUT2D eigenvalue weighted by Crippen LogP contribution is 2.31. The number of carbonyl (C=O) groups is 1. The molecule has 0 aromatic heterocycles. The maximum Gasteiger partial charge on any atom is 0.324 e. The van der Waals surface area contributed by atoms with Crippen LogP contribution in [0.1, 0.15) is 40.0 Å². The molecule has 1 saturated heterocycles. The second kappa shape index (κ2) is 5.54. The second-order valence-corrected chi connectivity index (χ2v) is 6.55. The fourth-order valence-electron chi connectivity index (χ4n) is 2.37. The summed E-state index contributed by atoms with van der Waals surface area (Å²) in [7, 11) is -3.69. The van der Waals surface area contributed by atoms with Crippen LogP contribution >= 0.6 is 0 Å². The maximum absolute atomic E-state index is 12.5. The predicted octanol–water partition coefficient (Wildman–Crippen LogP) is 0.902. The average molecular weight is 278 g/mol. The van der Waals surface area contributed by atoms with E-state index in [0.717, 1.165) is 10.7 Å². The van der Waals surface area contributed by atoms with E-state index in [1.54, 1.807) is 13.8 Å². The molecule has 106 valence electrons. The van der Waals surface area contributed by atoms with Crippen molar-refractivity contribution in [3.63, 3.8) is 0 Å². The molecule has 0 radical (unpaired) electrons. The third kappa shape index (κ3) is 2.53. The Morgan fingerprint density at radius 3 is 2.33 bits per heavy atom. The van der Waals surface area contributed by atoms with Crippen LogP contribution in [0.4, 0.5) is 0 Å². The zero-order valence-electron chi connectivity index (χ0n) is 11.2. The summed E-state index contributed by atoms with van der Waals surface area (Å²) < 4.78 is 27.4. The Balaban J connectivity index is 3.15. The first-order valence-corrected chi connectivity index (χ1v) is 7.71. The molecule has 1 N–H and O–H groups in total. The van der Waals surface area contributed by atoms with E-state index in [4.69, 9.17) is 0 Å². The van der Waals surface area contributed by atoms with Crippen molar-refractivity contribution in [2.75, 3.05) is 19.6 Å². The van der Waals surface area contributed by atoms with Crippen molar-refractivity contribution in [2.45, 2.75) is 45.6 Å². The van der Waals surface area contributed by atoms with Gasteiger partial charge in [-0.3, -0.25) is 4.79 Å². The van der Waals surface area contributed by atoms with Gasteiger partial charge in [0.15, 0.2) is 0 Å². The summed E-state index contributed by atoms with van der Waals surface area (Å²) in [6, 6.07) is 0. The summed E-state index contributed by atoms with van der Waals surface area (Å²) in [5, 5.41) is 9.33. The molecular formula is C11H22N2O4S. The molecule has 7 heteroatoms. The first kappa shape index (κ1) is 15.4. The number of carboxylic acids is 1. The van der Waals surface area contributed by atoms with Gasteiger partial charge in [0, 0.05) is 19.6 Å². The maximum atomic E-state index is 12.5. The molecule has 1 aliphatic heterocycles. The Kier molecular flexibility index (Phi) is 4.74. The van der Waals surface area contributed by atoms with E-state index < -0.39 is 21.7 Å². The molecule has 0 saturated carbocycles. The number of rotatable bonds is 5. The lowest BCUT2D eigenvalue weighted by molar-refractivity contribution is -0.149. The highest BCUT2D eigenvalue weighted by Gasteiger charge is 2.48. The van der Waals surface area contributed by atoms with Gasteiger partial charge in [0.05, 0.1) is 0 Å². The van der Waals surface area contributed by atoms with Gasteiger partial charge in [-0.15, -0.1) is 0 Å². The molecular weight excluding hydrogens is 256 g/mol. The van der Waals surface area contributed by atoms with Gasteiger partial charge in [0.2, 0.25) is 0 Å². The molecule has 0 aliphatic carbocycles. The Morgan fingerprint density at radius 1 is 1.33 bits per heavy atom. The van der Waals surface area contributed by atoms with Gasteiger partial charge >= 0.3 is 5.97 Å². The van der Waals surface area contributed by atoms with Crippen molar-refractivity contribution in [1.82, 2.24) is 8.61 Å². The fraction of sp³-hybridized carbons (Fsp3) is 0.909. The van der Waals surface area contributed by atoms with Gasteiger partial charge in [-0.2, -0.15) is 17.0 Å². The second-order valence-electron chi connectivity index (χ2n) is 4.70. The molecule has 0 bridgehead atoms. The number of hydrogen-bond acceptors (Lipinski definition) is 3. The van der Waals surface area contributed by atoms with Gasteiger partial charge < -0.3 is 5.11 Å². The zero-order chi connectivity index (χ0) is 14.0. The summed E-state index contributed by atoms with van der Waals surface area (Å²) in [5.74, 6) is -1.07. The summed E-state index contributed by atoms with van der Waals surface area (Å²) in [6.45, 7) is 5.99. The molecule has 1 rings (SSSR count). The molecule has 1 heterocycles. The monoisotopic (exact) mass is 278 g/mol. The van der Waals surface area contributed by atoms with Crippen molar-refractivity contribution < 1.29 is 18.3 Å². The lowest BCUT2D eigenvalue weighted by Gasteiger charge is -2.42. The number of piperidine rings is 1. The van der Waals surface area contributed by atoms with Crippen molar-refractivity contribution in [2.24, 2.45) is 0 Å². The number of hydrogen-bond donors (Lipinski definition) is 1. The molecule has 1 atom stereocenters. The molecule has 0 aromatic rings. The Hall–Kier alpha value is -0.660. The van der Waals surface area contributed by atoms with Crippen LogP contribution < -0.4 is 0 Å². The molecule has 0 amide bonds. The standard InChI is InChI=1S/C11H22N2O4S/c1-4-12(5-2)18(16,17)13-9-7-6-8-11(13,3)10(14)15/h4-9H2,1-3H3,(H,14,15). The van der Waals surface area contributed by atoms with Crippen LogP contribution in [0.2, 0.25) is 0 Å². The molecule has 0 spiro atoms. The largest absolute Gasteiger partial charge is 0.480 e. The van der Waals surface area contributed by atoms with E-state index in [1.807, 2.05) is 0 Å². The van der Waals surface area contributed by atoms with Crippen LogP contribution in [0.15, 0.2) is 0 Å². The van der Waals surface area contributed by atoms with E-state index in [2.05, 4.69) is 0 Å². The van der Waals surface area contributed by atoms with Gasteiger partial charge in [-0.25, -0.2) is 0 Å². The van der Waals surface area contributed by atoms with Crippen LogP contribution in [0.5, 0.6) is 0 Å². The smallest absolute Gasteiger partial charge is 0.324 e. The van der Waals surface area contributed by atoms with E-state index in [-0.39, 0.29) is 6.54 Å². The molecule has 18 heavy (non-hydrogen) atoms. The summed E-state index contributed by atoms with van der Waals surface area (Å²) in [6.07, 6.45) is 1.82. The first-order valence-electron chi connectivity index (χ1n) is 6.32. The van der Waals surface area contributed by atoms with E-state index in [0.29, 0.717) is 25.9 Å². The minimum absolute atomic E-state index is 0.279. The minimum Gasteiger partial charge on any atom is -0.480 e. The average Bonchev–Trinajstić information content (AvgIpc) is 2.30. The molecule has 0 aromatic carbocycles. The number of aliphatic carboxylic acids is 1. The van der Waals surface area contributed by atoms with E-state index in [1.165, 1.54) is 11.2 Å². The number of nitrogens with zero attached hydrogens (tertiary/aromatic N) is 2. The first-order chi connectivity index (χ1) is 8.30. The van der Waals surface area contributed by atoms with E-state index >= 15 is 0 Å². The summed E-state index contributed by atoms with van der Waals surface area (Å²) in [5.41, 5.74) is -1.32. The van der Waals surface area contributed by atoms with Crippen molar-refractivity contribution in [1.29, 1.82) is 0 Å². The summed E-state index contributed by atoms with van der Waals surface area (Å²) >= 11 is 0. The van der Waals surface area contributed by atoms with Crippen molar-refractivity contribution in [3.05, 3.63) is 0 Å². The molecule has 6 nitrogen and oxygen atoms in total.